The maximum atomic E-state index is 15.9. The quantitative estimate of drug-likeness (QED) is 0.261. The molecule has 0 bridgehead atoms. The smallest absolute Gasteiger partial charge is 0.251 e. The highest BCUT2D eigenvalue weighted by molar-refractivity contribution is 6.30. The second-order valence-corrected chi connectivity index (χ2v) is 12.8. The summed E-state index contributed by atoms with van der Waals surface area (Å²) in [4.78, 5) is 26.4. The van der Waals surface area contributed by atoms with Crippen LogP contribution in [0.3, 0.4) is 0 Å². The van der Waals surface area contributed by atoms with E-state index in [4.69, 9.17) is 16.3 Å². The fourth-order valence-electron chi connectivity index (χ4n) is 6.03. The Morgan fingerprint density at radius 2 is 1.86 bits per heavy atom. The third kappa shape index (κ3) is 6.28. The number of halogens is 3. The number of nitrogens with zero attached hydrogens (tertiary/aromatic N) is 1. The summed E-state index contributed by atoms with van der Waals surface area (Å²) in [5.41, 5.74) is -0.505. The van der Waals surface area contributed by atoms with Crippen molar-refractivity contribution in [1.29, 1.82) is 5.26 Å². The number of anilines is 1. The fraction of sp³-hybridized carbons (Fsp3) is 0.382. The van der Waals surface area contributed by atoms with Crippen LogP contribution in [0.15, 0.2) is 54.6 Å². The first-order valence-electron chi connectivity index (χ1n) is 14.4. The number of nitrogens with one attached hydrogen (secondary N) is 3. The lowest BCUT2D eigenvalue weighted by molar-refractivity contribution is -0.118. The summed E-state index contributed by atoms with van der Waals surface area (Å²) in [6, 6.07) is 14.0. The normalized spacial score (nSPS) is 21.4. The molecule has 3 aromatic carbocycles. The summed E-state index contributed by atoms with van der Waals surface area (Å²) in [6.45, 7) is 7.89. The van der Waals surface area contributed by atoms with Crippen molar-refractivity contribution in [2.24, 2.45) is 5.41 Å². The highest BCUT2D eigenvalue weighted by Crippen LogP contribution is 2.52. The van der Waals surface area contributed by atoms with E-state index in [0.29, 0.717) is 24.0 Å². The molecule has 0 unspecified atom stereocenters. The van der Waals surface area contributed by atoms with Crippen LogP contribution in [-0.2, 0) is 10.2 Å². The molecule has 4 atom stereocenters. The van der Waals surface area contributed by atoms with Gasteiger partial charge in [0.05, 0.1) is 29.9 Å². The SMILES string of the molecule is CNC(=O)c1ccc(NC(=O)[C@@H]2N[C@@H](CCC(C)(C)C)[C@](C#N)(c3ccc(C)cc3F)[C@H]2c2cccc(Cl)c2F)c(OC)c1. The molecule has 2 amide bonds. The zero-order valence-electron chi connectivity index (χ0n) is 25.6. The Bertz CT molecular complexity index is 1620. The number of aryl methyl sites for hydroxylation is 1. The summed E-state index contributed by atoms with van der Waals surface area (Å²) in [5, 5.41) is 19.5. The lowest BCUT2D eigenvalue weighted by atomic mass is 9.63. The van der Waals surface area contributed by atoms with Crippen LogP contribution in [0.4, 0.5) is 14.5 Å². The van der Waals surface area contributed by atoms with Crippen molar-refractivity contribution in [3.63, 3.8) is 0 Å². The molecule has 10 heteroatoms. The van der Waals surface area contributed by atoms with Gasteiger partial charge in [0.15, 0.2) is 0 Å². The van der Waals surface area contributed by atoms with Gasteiger partial charge in [0, 0.05) is 30.1 Å². The number of benzene rings is 3. The molecular formula is C34H37ClF2N4O3. The summed E-state index contributed by atoms with van der Waals surface area (Å²) >= 11 is 6.23. The zero-order valence-corrected chi connectivity index (χ0v) is 26.4. The van der Waals surface area contributed by atoms with Gasteiger partial charge in [0.1, 0.15) is 22.8 Å². The van der Waals surface area contributed by atoms with Gasteiger partial charge >= 0.3 is 0 Å². The molecule has 1 saturated heterocycles. The Balaban J connectivity index is 1.91. The highest BCUT2D eigenvalue weighted by Gasteiger charge is 2.60. The predicted octanol–water partition coefficient (Wildman–Crippen LogP) is 6.65. The molecule has 0 aromatic heterocycles. The molecule has 3 N–H and O–H groups in total. The Morgan fingerprint density at radius 1 is 1.14 bits per heavy atom. The second-order valence-electron chi connectivity index (χ2n) is 12.4. The highest BCUT2D eigenvalue weighted by atomic mass is 35.5. The number of nitriles is 1. The zero-order chi connectivity index (χ0) is 32.4. The monoisotopic (exact) mass is 622 g/mol. The van der Waals surface area contributed by atoms with E-state index in [1.54, 1.807) is 25.1 Å². The van der Waals surface area contributed by atoms with Gasteiger partial charge in [-0.2, -0.15) is 5.26 Å². The molecule has 0 spiro atoms. The summed E-state index contributed by atoms with van der Waals surface area (Å²) in [7, 11) is 2.90. The molecular weight excluding hydrogens is 586 g/mol. The third-order valence-electron chi connectivity index (χ3n) is 8.24. The number of hydrogen-bond acceptors (Lipinski definition) is 5. The first-order chi connectivity index (χ1) is 20.8. The van der Waals surface area contributed by atoms with Gasteiger partial charge in [0.25, 0.3) is 5.91 Å². The third-order valence-corrected chi connectivity index (χ3v) is 8.53. The number of carbonyl (C=O) groups excluding carboxylic acids is 2. The first kappa shape index (κ1) is 32.9. The van der Waals surface area contributed by atoms with Crippen molar-refractivity contribution in [1.82, 2.24) is 10.6 Å². The number of carbonyl (C=O) groups is 2. The number of rotatable bonds is 8. The molecule has 4 rings (SSSR count). The van der Waals surface area contributed by atoms with Crippen LogP contribution in [0.25, 0.3) is 0 Å². The van der Waals surface area contributed by atoms with Crippen LogP contribution < -0.4 is 20.7 Å². The van der Waals surface area contributed by atoms with Gasteiger partial charge in [-0.05, 0) is 66.6 Å². The fourth-order valence-corrected chi connectivity index (χ4v) is 6.22. The van der Waals surface area contributed by atoms with E-state index in [2.05, 4.69) is 42.8 Å². The van der Waals surface area contributed by atoms with E-state index in [1.165, 1.54) is 50.6 Å². The minimum atomic E-state index is -1.69. The minimum Gasteiger partial charge on any atom is -0.495 e. The molecule has 0 aliphatic carbocycles. The lowest BCUT2D eigenvalue weighted by Crippen LogP contribution is -2.43. The van der Waals surface area contributed by atoms with Crippen molar-refractivity contribution in [3.8, 4) is 11.8 Å². The standard InChI is InChI=1S/C34H37ClF2N4O3/c1-19-10-12-22(24(36)16-19)34(18-38)27(14-15-33(2,3)4)41-30(28(34)21-8-7-9-23(35)29(21)37)32(43)40-25-13-11-20(31(42)39-5)17-26(25)44-6/h7-13,16-17,27-28,30,41H,14-15H2,1-6H3,(H,39,42)(H,40,43)/t27-,28-,30+,34-/m0/s1. The average Bonchev–Trinajstić information content (AvgIpc) is 3.31. The summed E-state index contributed by atoms with van der Waals surface area (Å²) in [5.74, 6) is -3.28. The Labute approximate surface area is 261 Å². The van der Waals surface area contributed by atoms with Gasteiger partial charge in [-0.3, -0.25) is 9.59 Å². The summed E-state index contributed by atoms with van der Waals surface area (Å²) in [6.07, 6.45) is 1.03. The molecule has 1 heterocycles. The predicted molar refractivity (Wildman–Crippen MR) is 167 cm³/mol. The van der Waals surface area contributed by atoms with Crippen molar-refractivity contribution in [3.05, 3.63) is 93.5 Å². The molecule has 232 valence electrons. The summed E-state index contributed by atoms with van der Waals surface area (Å²) < 4.78 is 37.3. The van der Waals surface area contributed by atoms with E-state index in [9.17, 15) is 14.9 Å². The van der Waals surface area contributed by atoms with Gasteiger partial charge in [-0.1, -0.05) is 56.6 Å². The van der Waals surface area contributed by atoms with Crippen LogP contribution in [0.2, 0.25) is 5.02 Å². The van der Waals surface area contributed by atoms with Crippen LogP contribution in [0.1, 0.15) is 66.6 Å². The molecule has 1 fully saturated rings. The Morgan fingerprint density at radius 3 is 2.48 bits per heavy atom. The van der Waals surface area contributed by atoms with Gasteiger partial charge < -0.3 is 20.7 Å². The number of ether oxygens (including phenoxy) is 1. The second kappa shape index (κ2) is 12.9. The Hall–Kier alpha value is -4.00. The maximum absolute atomic E-state index is 15.9. The molecule has 3 aromatic rings. The number of methoxy groups -OCH3 is 1. The van der Waals surface area contributed by atoms with E-state index in [1.807, 2.05) is 0 Å². The van der Waals surface area contributed by atoms with Crippen LogP contribution in [-0.4, -0.2) is 38.1 Å². The molecule has 0 saturated carbocycles. The number of hydrogen-bond donors (Lipinski definition) is 3. The van der Waals surface area contributed by atoms with Gasteiger partial charge in [-0.25, -0.2) is 8.78 Å². The van der Waals surface area contributed by atoms with Crippen LogP contribution in [0, 0.1) is 35.3 Å². The maximum Gasteiger partial charge on any atom is 0.251 e. The van der Waals surface area contributed by atoms with E-state index >= 15 is 8.78 Å². The van der Waals surface area contributed by atoms with E-state index in [0.717, 1.165) is 0 Å². The molecule has 1 aliphatic heterocycles. The molecule has 7 nitrogen and oxygen atoms in total. The number of amides is 2. The van der Waals surface area contributed by atoms with Gasteiger partial charge in [-0.15, -0.1) is 0 Å². The largest absolute Gasteiger partial charge is 0.495 e. The first-order valence-corrected chi connectivity index (χ1v) is 14.7. The van der Waals surface area contributed by atoms with Crippen molar-refractivity contribution in [2.45, 2.75) is 64.0 Å². The van der Waals surface area contributed by atoms with Crippen LogP contribution >= 0.6 is 11.6 Å². The lowest BCUT2D eigenvalue weighted by Gasteiger charge is -2.36. The van der Waals surface area contributed by atoms with E-state index in [-0.39, 0.29) is 38.9 Å². The molecule has 1 aliphatic rings. The van der Waals surface area contributed by atoms with Crippen molar-refractivity contribution >= 4 is 29.1 Å². The minimum absolute atomic E-state index is 0.0202. The topological polar surface area (TPSA) is 103 Å². The average molecular weight is 623 g/mol. The van der Waals surface area contributed by atoms with Crippen LogP contribution in [0.5, 0.6) is 5.75 Å². The van der Waals surface area contributed by atoms with Crippen molar-refractivity contribution in [2.75, 3.05) is 19.5 Å². The van der Waals surface area contributed by atoms with Gasteiger partial charge in [0.2, 0.25) is 5.91 Å². The van der Waals surface area contributed by atoms with Crippen molar-refractivity contribution < 1.29 is 23.1 Å². The molecule has 0 radical (unpaired) electrons. The Kier molecular flexibility index (Phi) is 9.67. The molecule has 44 heavy (non-hydrogen) atoms. The van der Waals surface area contributed by atoms with E-state index < -0.39 is 41.0 Å².